The Labute approximate surface area is 233 Å². The average molecular weight is 537 g/mol. The van der Waals surface area contributed by atoms with Gasteiger partial charge in [0.15, 0.2) is 5.78 Å². The molecule has 6 rings (SSSR count). The van der Waals surface area contributed by atoms with Gasteiger partial charge in [-0.15, -0.1) is 0 Å². The molecule has 1 atom stereocenters. The Kier molecular flexibility index (Phi) is 6.66. The van der Waals surface area contributed by atoms with Crippen molar-refractivity contribution in [2.75, 3.05) is 0 Å². The van der Waals surface area contributed by atoms with E-state index >= 15 is 0 Å². The maximum absolute atomic E-state index is 13.1. The molecule has 0 saturated carbocycles. The molecule has 3 heterocycles. The van der Waals surface area contributed by atoms with Crippen LogP contribution in [-0.4, -0.2) is 27.6 Å². The average Bonchev–Trinajstić information content (AvgIpc) is 3.68. The maximum Gasteiger partial charge on any atom is 0.247 e. The van der Waals surface area contributed by atoms with Gasteiger partial charge >= 0.3 is 0 Å². The zero-order chi connectivity index (χ0) is 27.9. The van der Waals surface area contributed by atoms with Crippen LogP contribution in [0.5, 0.6) is 5.75 Å². The molecule has 0 spiro atoms. The SMILES string of the molecule is CC(=O)[C@@H]1Cc2ccc(OCc3nc(C4(C)Cc5ccccc5C4)oc3C)cc2CN1C(=O)/C=C/c1ccco1. The summed E-state index contributed by atoms with van der Waals surface area (Å²) in [6, 6.07) is 17.4. The summed E-state index contributed by atoms with van der Waals surface area (Å²) in [6.07, 6.45) is 6.90. The molecule has 0 N–H and O–H groups in total. The van der Waals surface area contributed by atoms with Crippen LogP contribution in [0.1, 0.15) is 59.2 Å². The number of Topliss-reactive ketones (excluding diaryl/α,β-unsaturated/α-hetero) is 1. The van der Waals surface area contributed by atoms with Gasteiger partial charge in [-0.2, -0.15) is 0 Å². The van der Waals surface area contributed by atoms with Crippen molar-refractivity contribution < 1.29 is 23.2 Å². The fourth-order valence-electron chi connectivity index (χ4n) is 5.81. The number of carbonyl (C=O) groups excluding carboxylic acids is 2. The monoisotopic (exact) mass is 536 g/mol. The molecule has 7 nitrogen and oxygen atoms in total. The number of furan rings is 1. The molecule has 2 aliphatic rings. The van der Waals surface area contributed by atoms with Crippen LogP contribution in [0.25, 0.3) is 6.08 Å². The van der Waals surface area contributed by atoms with Crippen molar-refractivity contribution >= 4 is 17.8 Å². The lowest BCUT2D eigenvalue weighted by Crippen LogP contribution is -2.47. The molecule has 0 fully saturated rings. The van der Waals surface area contributed by atoms with Gasteiger partial charge in [0.1, 0.15) is 29.6 Å². The van der Waals surface area contributed by atoms with Crippen molar-refractivity contribution in [3.05, 3.63) is 112 Å². The van der Waals surface area contributed by atoms with Gasteiger partial charge in [-0.1, -0.05) is 37.3 Å². The molecule has 204 valence electrons. The van der Waals surface area contributed by atoms with Crippen LogP contribution in [0.15, 0.2) is 75.8 Å². The number of carbonyl (C=O) groups is 2. The van der Waals surface area contributed by atoms with Crippen molar-refractivity contribution in [3.8, 4) is 5.75 Å². The third kappa shape index (κ3) is 4.99. The zero-order valence-electron chi connectivity index (χ0n) is 23.0. The molecule has 2 aromatic carbocycles. The molecule has 7 heteroatoms. The number of aromatic nitrogens is 1. The summed E-state index contributed by atoms with van der Waals surface area (Å²) in [6.45, 7) is 6.27. The summed E-state index contributed by atoms with van der Waals surface area (Å²) >= 11 is 0. The van der Waals surface area contributed by atoms with Crippen LogP contribution in [0.4, 0.5) is 0 Å². The molecule has 0 saturated heterocycles. The minimum atomic E-state index is -0.507. The van der Waals surface area contributed by atoms with E-state index in [9.17, 15) is 9.59 Å². The lowest BCUT2D eigenvalue weighted by Gasteiger charge is -2.35. The molecule has 1 amide bonds. The molecule has 0 unspecified atom stereocenters. The number of nitrogens with zero attached hydrogens (tertiary/aromatic N) is 2. The third-order valence-corrected chi connectivity index (χ3v) is 8.06. The molecular formula is C33H32N2O5. The number of hydrogen-bond donors (Lipinski definition) is 0. The number of oxazole rings is 1. The lowest BCUT2D eigenvalue weighted by molar-refractivity contribution is -0.136. The highest BCUT2D eigenvalue weighted by molar-refractivity contribution is 5.95. The van der Waals surface area contributed by atoms with Crippen molar-refractivity contribution in [1.82, 2.24) is 9.88 Å². The topological polar surface area (TPSA) is 85.8 Å². The number of ketones is 1. The van der Waals surface area contributed by atoms with Crippen molar-refractivity contribution in [2.45, 2.75) is 64.6 Å². The zero-order valence-corrected chi connectivity index (χ0v) is 23.0. The smallest absolute Gasteiger partial charge is 0.247 e. The van der Waals surface area contributed by atoms with E-state index in [1.807, 2.05) is 25.1 Å². The van der Waals surface area contributed by atoms with E-state index in [4.69, 9.17) is 18.6 Å². The van der Waals surface area contributed by atoms with E-state index < -0.39 is 6.04 Å². The Morgan fingerprint density at radius 2 is 1.85 bits per heavy atom. The predicted octanol–water partition coefficient (Wildman–Crippen LogP) is 5.77. The molecular weight excluding hydrogens is 504 g/mol. The Morgan fingerprint density at radius 1 is 1.07 bits per heavy atom. The number of ether oxygens (including phenoxy) is 1. The Bertz CT molecular complexity index is 1570. The minimum absolute atomic E-state index is 0.0397. The van der Waals surface area contributed by atoms with E-state index in [-0.39, 0.29) is 23.7 Å². The fraction of sp³-hybridized carbons (Fsp3) is 0.303. The number of benzene rings is 2. The first kappa shape index (κ1) is 25.9. The standard InChI is InChI=1S/C33H32N2O5/c1-21(36)30-16-23-10-11-28(15-26(23)19-35(30)31(37)13-12-27-9-6-14-38-27)39-20-29-22(2)40-32(34-29)33(3)17-24-7-4-5-8-25(24)18-33/h4-15,30H,16-20H2,1-3H3/b13-12+/t30-/m0/s1. The van der Waals surface area contributed by atoms with E-state index in [0.717, 1.165) is 41.3 Å². The van der Waals surface area contributed by atoms with E-state index in [1.165, 1.54) is 24.1 Å². The summed E-state index contributed by atoms with van der Waals surface area (Å²) < 4.78 is 17.6. The second-order valence-corrected chi connectivity index (χ2v) is 11.1. The van der Waals surface area contributed by atoms with E-state index in [0.29, 0.717) is 24.5 Å². The Morgan fingerprint density at radius 3 is 2.55 bits per heavy atom. The summed E-state index contributed by atoms with van der Waals surface area (Å²) in [5.41, 5.74) is 5.31. The second-order valence-electron chi connectivity index (χ2n) is 11.1. The first-order valence-corrected chi connectivity index (χ1v) is 13.6. The molecule has 1 aliphatic heterocycles. The predicted molar refractivity (Wildman–Crippen MR) is 150 cm³/mol. The lowest BCUT2D eigenvalue weighted by atomic mass is 9.87. The molecule has 2 aromatic heterocycles. The van der Waals surface area contributed by atoms with Gasteiger partial charge in [0.2, 0.25) is 11.8 Å². The molecule has 0 bridgehead atoms. The highest BCUT2D eigenvalue weighted by atomic mass is 16.5. The van der Waals surface area contributed by atoms with E-state index in [2.05, 4.69) is 31.2 Å². The van der Waals surface area contributed by atoms with Crippen LogP contribution in [-0.2, 0) is 47.4 Å². The van der Waals surface area contributed by atoms with Crippen LogP contribution < -0.4 is 4.74 Å². The minimum Gasteiger partial charge on any atom is -0.487 e. The van der Waals surface area contributed by atoms with Crippen molar-refractivity contribution in [2.24, 2.45) is 0 Å². The normalized spacial score (nSPS) is 17.6. The van der Waals surface area contributed by atoms with Crippen molar-refractivity contribution in [1.29, 1.82) is 0 Å². The Balaban J connectivity index is 1.16. The number of rotatable bonds is 7. The number of amides is 1. The molecule has 0 radical (unpaired) electrons. The largest absolute Gasteiger partial charge is 0.487 e. The number of aryl methyl sites for hydroxylation is 1. The van der Waals surface area contributed by atoms with Gasteiger partial charge in [-0.3, -0.25) is 9.59 Å². The van der Waals surface area contributed by atoms with Gasteiger partial charge in [0.05, 0.1) is 17.7 Å². The maximum atomic E-state index is 13.1. The first-order chi connectivity index (χ1) is 19.3. The van der Waals surface area contributed by atoms with Crippen LogP contribution >= 0.6 is 0 Å². The van der Waals surface area contributed by atoms with Gasteiger partial charge < -0.3 is 18.5 Å². The van der Waals surface area contributed by atoms with Gasteiger partial charge in [0, 0.05) is 19.0 Å². The molecule has 4 aromatic rings. The van der Waals surface area contributed by atoms with Gasteiger partial charge in [-0.25, -0.2) is 4.98 Å². The van der Waals surface area contributed by atoms with Crippen LogP contribution in [0.2, 0.25) is 0 Å². The highest BCUT2D eigenvalue weighted by Gasteiger charge is 2.39. The van der Waals surface area contributed by atoms with E-state index in [1.54, 1.807) is 29.4 Å². The summed E-state index contributed by atoms with van der Waals surface area (Å²) in [5.74, 6) is 2.50. The second kappa shape index (κ2) is 10.3. The third-order valence-electron chi connectivity index (χ3n) is 8.06. The quantitative estimate of drug-likeness (QED) is 0.279. The number of fused-ring (bicyclic) bond motifs is 2. The Hall–Kier alpha value is -4.39. The van der Waals surface area contributed by atoms with Crippen molar-refractivity contribution in [3.63, 3.8) is 0 Å². The van der Waals surface area contributed by atoms with Crippen LogP contribution in [0.3, 0.4) is 0 Å². The summed E-state index contributed by atoms with van der Waals surface area (Å²) in [5, 5.41) is 0. The molecule has 1 aliphatic carbocycles. The van der Waals surface area contributed by atoms with Crippen LogP contribution in [0, 0.1) is 6.92 Å². The first-order valence-electron chi connectivity index (χ1n) is 13.6. The van der Waals surface area contributed by atoms with Gasteiger partial charge in [-0.05, 0) is 79.3 Å². The summed E-state index contributed by atoms with van der Waals surface area (Å²) in [4.78, 5) is 31.9. The highest BCUT2D eigenvalue weighted by Crippen LogP contribution is 2.39. The fourth-order valence-corrected chi connectivity index (χ4v) is 5.81. The summed E-state index contributed by atoms with van der Waals surface area (Å²) in [7, 11) is 0. The number of hydrogen-bond acceptors (Lipinski definition) is 6. The molecule has 40 heavy (non-hydrogen) atoms. The van der Waals surface area contributed by atoms with Gasteiger partial charge in [0.25, 0.3) is 0 Å².